The van der Waals surface area contributed by atoms with E-state index in [0.29, 0.717) is 24.6 Å². The molecule has 0 bridgehead atoms. The molecule has 1 fully saturated rings. The van der Waals surface area contributed by atoms with E-state index in [1.54, 1.807) is 11.3 Å². The second kappa shape index (κ2) is 9.56. The first kappa shape index (κ1) is 20.1. The SMILES string of the molecule is Cc1cc(CN2CCSCC2)ccc1NC(=O)CCc1nc(-c2ccsc2)no1. The number of thiophene rings is 1. The van der Waals surface area contributed by atoms with Gasteiger partial charge < -0.3 is 9.84 Å². The Bertz CT molecular complexity index is 950. The minimum atomic E-state index is -0.0517. The summed E-state index contributed by atoms with van der Waals surface area (Å²) in [5.41, 5.74) is 4.17. The molecule has 0 unspecified atom stereocenters. The molecule has 29 heavy (non-hydrogen) atoms. The van der Waals surface area contributed by atoms with E-state index in [0.717, 1.165) is 36.4 Å². The highest BCUT2D eigenvalue weighted by Crippen LogP contribution is 2.21. The predicted octanol–water partition coefficient (Wildman–Crippen LogP) is 4.23. The molecular weight excluding hydrogens is 404 g/mol. The second-order valence-electron chi connectivity index (χ2n) is 7.11. The van der Waals surface area contributed by atoms with Crippen LogP contribution in [0.5, 0.6) is 0 Å². The predicted molar refractivity (Wildman–Crippen MR) is 118 cm³/mol. The fourth-order valence-corrected chi connectivity index (χ4v) is 4.89. The Labute approximate surface area is 178 Å². The van der Waals surface area contributed by atoms with Gasteiger partial charge in [0.2, 0.25) is 17.6 Å². The van der Waals surface area contributed by atoms with Crippen LogP contribution < -0.4 is 5.32 Å². The molecule has 1 aliphatic rings. The topological polar surface area (TPSA) is 71.3 Å². The van der Waals surface area contributed by atoms with Crippen molar-refractivity contribution in [1.82, 2.24) is 15.0 Å². The number of carbonyl (C=O) groups excluding carboxylic acids is 1. The van der Waals surface area contributed by atoms with Crippen molar-refractivity contribution in [2.75, 3.05) is 29.9 Å². The zero-order valence-corrected chi connectivity index (χ0v) is 18.0. The molecule has 1 amide bonds. The van der Waals surface area contributed by atoms with Crippen LogP contribution in [0.15, 0.2) is 39.5 Å². The van der Waals surface area contributed by atoms with Crippen molar-refractivity contribution < 1.29 is 9.32 Å². The summed E-state index contributed by atoms with van der Waals surface area (Å²) in [6, 6.07) is 8.23. The van der Waals surface area contributed by atoms with Crippen molar-refractivity contribution in [1.29, 1.82) is 0 Å². The monoisotopic (exact) mass is 428 g/mol. The van der Waals surface area contributed by atoms with E-state index in [9.17, 15) is 4.79 Å². The number of amides is 1. The van der Waals surface area contributed by atoms with Crippen molar-refractivity contribution in [2.45, 2.75) is 26.3 Å². The van der Waals surface area contributed by atoms with Gasteiger partial charge >= 0.3 is 0 Å². The van der Waals surface area contributed by atoms with E-state index in [4.69, 9.17) is 4.52 Å². The van der Waals surface area contributed by atoms with E-state index >= 15 is 0 Å². The first-order valence-electron chi connectivity index (χ1n) is 9.72. The highest BCUT2D eigenvalue weighted by Gasteiger charge is 2.13. The molecule has 0 aliphatic carbocycles. The van der Waals surface area contributed by atoms with Crippen LogP contribution >= 0.6 is 23.1 Å². The molecule has 2 aromatic heterocycles. The van der Waals surface area contributed by atoms with Crippen molar-refractivity contribution in [3.63, 3.8) is 0 Å². The summed E-state index contributed by atoms with van der Waals surface area (Å²) in [6.45, 7) is 5.30. The van der Waals surface area contributed by atoms with Crippen LogP contribution in [0.3, 0.4) is 0 Å². The normalized spacial score (nSPS) is 14.8. The molecule has 3 aromatic rings. The molecule has 1 saturated heterocycles. The molecule has 1 aliphatic heterocycles. The van der Waals surface area contributed by atoms with E-state index in [-0.39, 0.29) is 5.91 Å². The van der Waals surface area contributed by atoms with Crippen LogP contribution in [0.2, 0.25) is 0 Å². The van der Waals surface area contributed by atoms with Crippen molar-refractivity contribution in [2.24, 2.45) is 0 Å². The number of nitrogens with one attached hydrogen (secondary N) is 1. The largest absolute Gasteiger partial charge is 0.339 e. The van der Waals surface area contributed by atoms with Gasteiger partial charge in [0.25, 0.3) is 0 Å². The maximum absolute atomic E-state index is 12.4. The maximum atomic E-state index is 12.4. The van der Waals surface area contributed by atoms with Gasteiger partial charge in [-0.15, -0.1) is 0 Å². The van der Waals surface area contributed by atoms with Gasteiger partial charge in [-0.05, 0) is 35.6 Å². The quantitative estimate of drug-likeness (QED) is 0.607. The zero-order valence-electron chi connectivity index (χ0n) is 16.4. The Balaban J connectivity index is 1.29. The van der Waals surface area contributed by atoms with E-state index in [1.807, 2.05) is 41.6 Å². The molecule has 1 aromatic carbocycles. The summed E-state index contributed by atoms with van der Waals surface area (Å²) < 4.78 is 5.26. The minimum absolute atomic E-state index is 0.0517. The summed E-state index contributed by atoms with van der Waals surface area (Å²) in [5.74, 6) is 3.42. The number of benzene rings is 1. The number of thioether (sulfide) groups is 1. The molecule has 0 radical (unpaired) electrons. The van der Waals surface area contributed by atoms with E-state index in [1.165, 1.54) is 17.1 Å². The smallest absolute Gasteiger partial charge is 0.227 e. The van der Waals surface area contributed by atoms with Gasteiger partial charge in [-0.3, -0.25) is 9.69 Å². The third kappa shape index (κ3) is 5.46. The fraction of sp³-hybridized carbons (Fsp3) is 0.381. The van der Waals surface area contributed by atoms with Gasteiger partial charge in [0.1, 0.15) is 0 Å². The summed E-state index contributed by atoms with van der Waals surface area (Å²) in [6.07, 6.45) is 0.727. The third-order valence-electron chi connectivity index (χ3n) is 4.89. The van der Waals surface area contributed by atoms with Gasteiger partial charge in [0.05, 0.1) is 0 Å². The summed E-state index contributed by atoms with van der Waals surface area (Å²) in [4.78, 5) is 19.2. The number of anilines is 1. The Kier molecular flexibility index (Phi) is 6.63. The van der Waals surface area contributed by atoms with Crippen LogP contribution in [0.1, 0.15) is 23.4 Å². The van der Waals surface area contributed by atoms with Gasteiger partial charge in [-0.1, -0.05) is 17.3 Å². The summed E-state index contributed by atoms with van der Waals surface area (Å²) in [7, 11) is 0. The molecule has 1 N–H and O–H groups in total. The van der Waals surface area contributed by atoms with Crippen molar-refractivity contribution >= 4 is 34.7 Å². The van der Waals surface area contributed by atoms with Crippen LogP contribution in [0, 0.1) is 6.92 Å². The number of aromatic nitrogens is 2. The number of rotatable bonds is 7. The Morgan fingerprint density at radius 3 is 2.90 bits per heavy atom. The van der Waals surface area contributed by atoms with Gasteiger partial charge in [-0.2, -0.15) is 28.1 Å². The first-order chi connectivity index (χ1) is 14.2. The van der Waals surface area contributed by atoms with E-state index in [2.05, 4.69) is 32.5 Å². The van der Waals surface area contributed by atoms with Gasteiger partial charge in [0, 0.05) is 60.6 Å². The fourth-order valence-electron chi connectivity index (χ4n) is 3.28. The Morgan fingerprint density at radius 2 is 2.14 bits per heavy atom. The third-order valence-corrected chi connectivity index (χ3v) is 6.51. The maximum Gasteiger partial charge on any atom is 0.227 e. The summed E-state index contributed by atoms with van der Waals surface area (Å²) >= 11 is 3.61. The molecule has 0 saturated carbocycles. The minimum Gasteiger partial charge on any atom is -0.339 e. The lowest BCUT2D eigenvalue weighted by Gasteiger charge is -2.26. The Hall–Kier alpha value is -2.16. The van der Waals surface area contributed by atoms with Gasteiger partial charge in [-0.25, -0.2) is 0 Å². The molecule has 8 heteroatoms. The van der Waals surface area contributed by atoms with Crippen molar-refractivity contribution in [3.05, 3.63) is 52.0 Å². The molecule has 3 heterocycles. The molecule has 152 valence electrons. The van der Waals surface area contributed by atoms with Crippen LogP contribution in [0.25, 0.3) is 11.4 Å². The number of aryl methyl sites for hydroxylation is 2. The van der Waals surface area contributed by atoms with Gasteiger partial charge in [0.15, 0.2) is 0 Å². The number of nitrogens with zero attached hydrogens (tertiary/aromatic N) is 3. The van der Waals surface area contributed by atoms with E-state index < -0.39 is 0 Å². The standard InChI is InChI=1S/C21H24N4O2S2/c1-15-12-16(13-25-7-10-28-11-8-25)2-3-18(15)22-19(26)4-5-20-23-21(24-27-20)17-6-9-29-14-17/h2-3,6,9,12,14H,4-5,7-8,10-11,13H2,1H3,(H,22,26). The van der Waals surface area contributed by atoms with Crippen LogP contribution in [-0.4, -0.2) is 45.5 Å². The first-order valence-corrected chi connectivity index (χ1v) is 11.8. The van der Waals surface area contributed by atoms with Crippen molar-refractivity contribution in [3.8, 4) is 11.4 Å². The summed E-state index contributed by atoms with van der Waals surface area (Å²) in [5, 5.41) is 10.9. The van der Waals surface area contributed by atoms with Crippen LogP contribution in [-0.2, 0) is 17.8 Å². The Morgan fingerprint density at radius 1 is 1.28 bits per heavy atom. The lowest BCUT2D eigenvalue weighted by molar-refractivity contribution is -0.116. The molecule has 0 atom stereocenters. The zero-order chi connectivity index (χ0) is 20.1. The molecular formula is C21H24N4O2S2. The average molecular weight is 429 g/mol. The number of hydrogen-bond donors (Lipinski definition) is 1. The molecule has 0 spiro atoms. The highest BCUT2D eigenvalue weighted by molar-refractivity contribution is 7.99. The lowest BCUT2D eigenvalue weighted by Crippen LogP contribution is -2.31. The highest BCUT2D eigenvalue weighted by atomic mass is 32.2. The lowest BCUT2D eigenvalue weighted by atomic mass is 10.1. The average Bonchev–Trinajstić information content (AvgIpc) is 3.41. The molecule has 6 nitrogen and oxygen atoms in total. The van der Waals surface area contributed by atoms with Crippen LogP contribution in [0.4, 0.5) is 5.69 Å². The number of carbonyl (C=O) groups is 1. The second-order valence-corrected chi connectivity index (χ2v) is 9.11. The molecule has 4 rings (SSSR count). The number of hydrogen-bond acceptors (Lipinski definition) is 7.